The van der Waals surface area contributed by atoms with Crippen LogP contribution >= 0.6 is 11.3 Å². The number of benzene rings is 1. The molecule has 3 aromatic rings. The van der Waals surface area contributed by atoms with Crippen molar-refractivity contribution in [3.63, 3.8) is 0 Å². The van der Waals surface area contributed by atoms with Crippen LogP contribution in [0.2, 0.25) is 0 Å². The lowest BCUT2D eigenvalue weighted by Gasteiger charge is -2.07. The van der Waals surface area contributed by atoms with Gasteiger partial charge in [-0.3, -0.25) is 4.79 Å². The molecule has 6 nitrogen and oxygen atoms in total. The van der Waals surface area contributed by atoms with E-state index in [-0.39, 0.29) is 5.91 Å². The molecule has 0 unspecified atom stereocenters. The van der Waals surface area contributed by atoms with Gasteiger partial charge in [0.2, 0.25) is 10.9 Å². The van der Waals surface area contributed by atoms with Gasteiger partial charge in [0, 0.05) is 18.2 Å². The molecule has 20 heavy (non-hydrogen) atoms. The number of nitrogens with zero attached hydrogens (tertiary/aromatic N) is 4. The minimum Gasteiger partial charge on any atom is -0.326 e. The van der Waals surface area contributed by atoms with E-state index in [9.17, 15) is 4.79 Å². The van der Waals surface area contributed by atoms with E-state index in [4.69, 9.17) is 0 Å². The van der Waals surface area contributed by atoms with Gasteiger partial charge in [-0.2, -0.15) is 9.61 Å². The highest BCUT2D eigenvalue weighted by Gasteiger charge is 2.11. The fourth-order valence-corrected chi connectivity index (χ4v) is 2.84. The van der Waals surface area contributed by atoms with Crippen molar-refractivity contribution in [3.05, 3.63) is 29.6 Å². The summed E-state index contributed by atoms with van der Waals surface area (Å²) in [6.07, 6.45) is 0. The number of hydrogen-bond donors (Lipinski definition) is 1. The lowest BCUT2D eigenvalue weighted by molar-refractivity contribution is -0.114. The van der Waals surface area contributed by atoms with Crippen molar-refractivity contribution in [2.45, 2.75) is 20.8 Å². The fourth-order valence-electron chi connectivity index (χ4n) is 1.96. The Bertz CT molecular complexity index is 804. The Morgan fingerprint density at radius 1 is 1.30 bits per heavy atom. The fraction of sp³-hybridized carbons (Fsp3) is 0.231. The van der Waals surface area contributed by atoms with Crippen LogP contribution in [-0.4, -0.2) is 25.7 Å². The molecular weight excluding hydrogens is 274 g/mol. The normalized spacial score (nSPS) is 10.9. The highest BCUT2D eigenvalue weighted by molar-refractivity contribution is 7.19. The molecule has 2 aromatic heterocycles. The Labute approximate surface area is 119 Å². The highest BCUT2D eigenvalue weighted by Crippen LogP contribution is 2.28. The third-order valence-corrected chi connectivity index (χ3v) is 3.88. The second-order valence-corrected chi connectivity index (χ2v) is 5.52. The molecule has 0 spiro atoms. The number of aryl methyl sites for hydroxylation is 2. The van der Waals surface area contributed by atoms with Crippen molar-refractivity contribution in [2.75, 3.05) is 5.32 Å². The summed E-state index contributed by atoms with van der Waals surface area (Å²) >= 11 is 1.49. The van der Waals surface area contributed by atoms with E-state index in [1.54, 1.807) is 4.52 Å². The van der Waals surface area contributed by atoms with Crippen molar-refractivity contribution in [2.24, 2.45) is 0 Å². The number of carbonyl (C=O) groups excluding carboxylic acids is 1. The van der Waals surface area contributed by atoms with Crippen LogP contribution in [0.15, 0.2) is 18.2 Å². The van der Waals surface area contributed by atoms with Gasteiger partial charge in [-0.25, -0.2) is 0 Å². The number of carbonyl (C=O) groups is 1. The number of fused-ring (bicyclic) bond motifs is 1. The van der Waals surface area contributed by atoms with Crippen molar-refractivity contribution < 1.29 is 4.79 Å². The Kier molecular flexibility index (Phi) is 2.98. The zero-order valence-corrected chi connectivity index (χ0v) is 12.2. The quantitative estimate of drug-likeness (QED) is 0.785. The first-order valence-electron chi connectivity index (χ1n) is 6.12. The summed E-state index contributed by atoms with van der Waals surface area (Å²) in [4.78, 5) is 11.9. The number of aromatic nitrogens is 4. The second kappa shape index (κ2) is 4.68. The Morgan fingerprint density at radius 3 is 2.75 bits per heavy atom. The van der Waals surface area contributed by atoms with Gasteiger partial charge in [0.05, 0.1) is 0 Å². The molecule has 3 rings (SSSR count). The molecule has 0 fully saturated rings. The van der Waals surface area contributed by atoms with E-state index in [1.807, 2.05) is 32.0 Å². The van der Waals surface area contributed by atoms with Crippen molar-refractivity contribution in [1.82, 2.24) is 19.8 Å². The SMILES string of the molecule is CC(=O)Nc1ccc(-c2nn3c(C)nnc3s2)cc1C. The maximum atomic E-state index is 11.1. The molecule has 0 aliphatic carbocycles. The number of anilines is 1. The molecule has 0 radical (unpaired) electrons. The monoisotopic (exact) mass is 287 g/mol. The molecule has 0 aliphatic rings. The zero-order valence-electron chi connectivity index (χ0n) is 11.3. The van der Waals surface area contributed by atoms with Crippen LogP contribution in [0.4, 0.5) is 5.69 Å². The molecule has 2 heterocycles. The van der Waals surface area contributed by atoms with Crippen LogP contribution in [0, 0.1) is 13.8 Å². The first kappa shape index (κ1) is 12.7. The molecule has 0 bridgehead atoms. The molecular formula is C13H13N5OS. The predicted octanol–water partition coefficient (Wildman–Crippen LogP) is 2.43. The van der Waals surface area contributed by atoms with E-state index in [0.717, 1.165) is 32.6 Å². The topological polar surface area (TPSA) is 72.2 Å². The molecule has 1 aromatic carbocycles. The van der Waals surface area contributed by atoms with Gasteiger partial charge in [-0.05, 0) is 37.6 Å². The number of hydrogen-bond acceptors (Lipinski definition) is 5. The number of rotatable bonds is 2. The van der Waals surface area contributed by atoms with Crippen LogP contribution < -0.4 is 5.32 Å². The van der Waals surface area contributed by atoms with Gasteiger partial charge in [-0.1, -0.05) is 11.3 Å². The molecule has 7 heteroatoms. The average molecular weight is 287 g/mol. The first-order chi connectivity index (χ1) is 9.54. The molecule has 0 aliphatic heterocycles. The molecule has 1 amide bonds. The molecule has 102 valence electrons. The largest absolute Gasteiger partial charge is 0.326 e. The first-order valence-corrected chi connectivity index (χ1v) is 6.93. The van der Waals surface area contributed by atoms with Crippen LogP contribution in [0.5, 0.6) is 0 Å². The zero-order chi connectivity index (χ0) is 14.3. The van der Waals surface area contributed by atoms with Gasteiger partial charge in [0.25, 0.3) is 0 Å². The summed E-state index contributed by atoms with van der Waals surface area (Å²) in [6.45, 7) is 5.33. The third kappa shape index (κ3) is 2.16. The summed E-state index contributed by atoms with van der Waals surface area (Å²) in [7, 11) is 0. The second-order valence-electron chi connectivity index (χ2n) is 4.56. The van der Waals surface area contributed by atoms with Crippen molar-refractivity contribution in [3.8, 4) is 10.6 Å². The van der Waals surface area contributed by atoms with Crippen LogP contribution in [-0.2, 0) is 4.79 Å². The van der Waals surface area contributed by atoms with Gasteiger partial charge in [0.1, 0.15) is 5.01 Å². The molecule has 0 saturated heterocycles. The van der Waals surface area contributed by atoms with Crippen molar-refractivity contribution >= 4 is 27.9 Å². The van der Waals surface area contributed by atoms with Crippen LogP contribution in [0.25, 0.3) is 15.5 Å². The Balaban J connectivity index is 2.01. The Hall–Kier alpha value is -2.28. The molecule has 1 N–H and O–H groups in total. The third-order valence-electron chi connectivity index (χ3n) is 2.93. The van der Waals surface area contributed by atoms with E-state index in [1.165, 1.54) is 18.3 Å². The summed E-state index contributed by atoms with van der Waals surface area (Å²) in [5.74, 6) is 0.698. The number of amides is 1. The smallest absolute Gasteiger partial charge is 0.234 e. The van der Waals surface area contributed by atoms with Gasteiger partial charge in [-0.15, -0.1) is 10.2 Å². The van der Waals surface area contributed by atoms with E-state index >= 15 is 0 Å². The lowest BCUT2D eigenvalue weighted by atomic mass is 10.1. The minimum absolute atomic E-state index is 0.0738. The van der Waals surface area contributed by atoms with E-state index in [2.05, 4.69) is 20.6 Å². The molecule has 0 atom stereocenters. The maximum Gasteiger partial charge on any atom is 0.234 e. The summed E-state index contributed by atoms with van der Waals surface area (Å²) < 4.78 is 1.73. The van der Waals surface area contributed by atoms with Crippen LogP contribution in [0.3, 0.4) is 0 Å². The maximum absolute atomic E-state index is 11.1. The summed E-state index contributed by atoms with van der Waals surface area (Å²) in [5, 5.41) is 16.2. The Morgan fingerprint density at radius 2 is 2.10 bits per heavy atom. The standard InChI is InChI=1S/C13H13N5OS/c1-7-6-10(4-5-11(7)14-9(3)19)12-17-18-8(2)15-16-13(18)20-12/h4-6H,1-3H3,(H,14,19). The minimum atomic E-state index is -0.0738. The average Bonchev–Trinajstić information content (AvgIpc) is 2.94. The highest BCUT2D eigenvalue weighted by atomic mass is 32.1. The summed E-state index contributed by atoms with van der Waals surface area (Å²) in [5.41, 5.74) is 2.83. The predicted molar refractivity (Wildman–Crippen MR) is 77.9 cm³/mol. The lowest BCUT2D eigenvalue weighted by Crippen LogP contribution is -2.06. The number of nitrogens with one attached hydrogen (secondary N) is 1. The van der Waals surface area contributed by atoms with Gasteiger partial charge >= 0.3 is 0 Å². The summed E-state index contributed by atoms with van der Waals surface area (Å²) in [6, 6.07) is 5.84. The van der Waals surface area contributed by atoms with E-state index in [0.29, 0.717) is 0 Å². The van der Waals surface area contributed by atoms with Gasteiger partial charge in [0.15, 0.2) is 5.82 Å². The molecule has 0 saturated carbocycles. The van der Waals surface area contributed by atoms with Crippen molar-refractivity contribution in [1.29, 1.82) is 0 Å². The van der Waals surface area contributed by atoms with Gasteiger partial charge < -0.3 is 5.32 Å². The van der Waals surface area contributed by atoms with Crippen LogP contribution in [0.1, 0.15) is 18.3 Å². The van der Waals surface area contributed by atoms with E-state index < -0.39 is 0 Å².